The summed E-state index contributed by atoms with van der Waals surface area (Å²) in [7, 11) is 0. The summed E-state index contributed by atoms with van der Waals surface area (Å²) in [4.78, 5) is 6.47. The maximum absolute atomic E-state index is 5.42. The Kier molecular flexibility index (Phi) is 5.16. The molecule has 0 amide bonds. The summed E-state index contributed by atoms with van der Waals surface area (Å²) in [5.74, 6) is 3.29. The Morgan fingerprint density at radius 3 is 2.65 bits per heavy atom. The topological polar surface area (TPSA) is 82.1 Å². The van der Waals surface area contributed by atoms with Gasteiger partial charge in [0.2, 0.25) is 11.8 Å². The summed E-state index contributed by atoms with van der Waals surface area (Å²) in [6.07, 6.45) is 0. The summed E-state index contributed by atoms with van der Waals surface area (Å²) < 4.78 is 12.8. The normalized spacial score (nSPS) is 15.6. The molecule has 9 heteroatoms. The van der Waals surface area contributed by atoms with Gasteiger partial charge in [0.15, 0.2) is 11.0 Å². The van der Waals surface area contributed by atoms with Crippen molar-refractivity contribution in [2.45, 2.75) is 38.2 Å². The van der Waals surface area contributed by atoms with E-state index in [9.17, 15) is 0 Å². The third-order valence-corrected chi connectivity index (χ3v) is 4.38. The third-order valence-electron chi connectivity index (χ3n) is 3.43. The van der Waals surface area contributed by atoms with E-state index in [1.807, 2.05) is 6.92 Å². The average Bonchev–Trinajstić information content (AvgIpc) is 3.12. The molecule has 2 aromatic rings. The molecule has 1 fully saturated rings. The number of aryl methyl sites for hydroxylation is 1. The summed E-state index contributed by atoms with van der Waals surface area (Å²) >= 11 is 1.58. The molecule has 1 saturated heterocycles. The second kappa shape index (κ2) is 7.31. The largest absolute Gasteiger partial charge is 0.378 e. The molecule has 1 aliphatic rings. The van der Waals surface area contributed by atoms with Crippen molar-refractivity contribution < 1.29 is 9.26 Å². The highest BCUT2D eigenvalue weighted by molar-refractivity contribution is 7.98. The smallest absolute Gasteiger partial charge is 0.237 e. The molecule has 0 saturated carbocycles. The number of ether oxygens (including phenoxy) is 1. The van der Waals surface area contributed by atoms with Crippen molar-refractivity contribution in [1.82, 2.24) is 24.9 Å². The Morgan fingerprint density at radius 2 is 2.00 bits per heavy atom. The molecule has 0 atom stereocenters. The molecule has 3 rings (SSSR count). The van der Waals surface area contributed by atoms with Crippen LogP contribution in [-0.2, 0) is 17.0 Å². The fourth-order valence-corrected chi connectivity index (χ4v) is 3.22. The van der Waals surface area contributed by atoms with Crippen molar-refractivity contribution in [3.8, 4) is 0 Å². The Balaban J connectivity index is 1.76. The highest BCUT2D eigenvalue weighted by atomic mass is 32.2. The number of hydrogen-bond donors (Lipinski definition) is 0. The summed E-state index contributed by atoms with van der Waals surface area (Å²) in [6, 6.07) is 0. The molecule has 0 aliphatic carbocycles. The molecule has 3 heterocycles. The predicted molar refractivity (Wildman–Crippen MR) is 86.5 cm³/mol. The molecule has 0 spiro atoms. The zero-order valence-electron chi connectivity index (χ0n) is 13.7. The van der Waals surface area contributed by atoms with Crippen LogP contribution >= 0.6 is 11.8 Å². The van der Waals surface area contributed by atoms with Gasteiger partial charge in [0.05, 0.1) is 19.0 Å². The van der Waals surface area contributed by atoms with Crippen LogP contribution in [0.3, 0.4) is 0 Å². The minimum absolute atomic E-state index is 0.510. The Labute approximate surface area is 139 Å². The molecule has 126 valence electrons. The lowest BCUT2D eigenvalue weighted by Crippen LogP contribution is -2.38. The highest BCUT2D eigenvalue weighted by Gasteiger charge is 2.21. The van der Waals surface area contributed by atoms with Crippen molar-refractivity contribution >= 4 is 17.7 Å². The summed E-state index contributed by atoms with van der Waals surface area (Å²) in [6.45, 7) is 10.3. The third kappa shape index (κ3) is 4.03. The molecule has 8 nitrogen and oxygen atoms in total. The van der Waals surface area contributed by atoms with Crippen molar-refractivity contribution in [1.29, 1.82) is 0 Å². The lowest BCUT2D eigenvalue weighted by molar-refractivity contribution is 0.121. The maximum atomic E-state index is 5.42. The van der Waals surface area contributed by atoms with Gasteiger partial charge >= 0.3 is 0 Å². The number of aromatic nitrogens is 5. The number of anilines is 1. The number of nitrogens with zero attached hydrogens (tertiary/aromatic N) is 6. The number of morpholine rings is 1. The average molecular weight is 338 g/mol. The van der Waals surface area contributed by atoms with Gasteiger partial charge < -0.3 is 14.2 Å². The molecule has 0 unspecified atom stereocenters. The van der Waals surface area contributed by atoms with Gasteiger partial charge in [0.1, 0.15) is 0 Å². The first-order chi connectivity index (χ1) is 11.1. The Morgan fingerprint density at radius 1 is 1.22 bits per heavy atom. The van der Waals surface area contributed by atoms with Crippen LogP contribution in [0.5, 0.6) is 0 Å². The van der Waals surface area contributed by atoms with Gasteiger partial charge in [0, 0.05) is 19.6 Å². The van der Waals surface area contributed by atoms with Crippen LogP contribution in [-0.4, -0.2) is 51.2 Å². The van der Waals surface area contributed by atoms with Crippen LogP contribution in [0.2, 0.25) is 0 Å². The molecule has 1 aliphatic heterocycles. The number of thioether (sulfide) groups is 1. The monoisotopic (exact) mass is 338 g/mol. The lowest BCUT2D eigenvalue weighted by atomic mass is 10.2. The van der Waals surface area contributed by atoms with E-state index in [-0.39, 0.29) is 0 Å². The Hall–Kier alpha value is -1.61. The number of hydrogen-bond acceptors (Lipinski definition) is 8. The fourth-order valence-electron chi connectivity index (χ4n) is 2.43. The number of rotatable bonds is 6. The zero-order valence-corrected chi connectivity index (χ0v) is 14.5. The van der Waals surface area contributed by atoms with E-state index in [0.29, 0.717) is 23.4 Å². The highest BCUT2D eigenvalue weighted by Crippen LogP contribution is 2.26. The SMILES string of the molecule is Cc1noc(CSc2nnc(N3CCOCC3)n2CC(C)C)n1. The van der Waals surface area contributed by atoms with Crippen molar-refractivity contribution in [2.75, 3.05) is 31.2 Å². The van der Waals surface area contributed by atoms with Gasteiger partial charge in [0.25, 0.3) is 0 Å². The van der Waals surface area contributed by atoms with E-state index in [0.717, 1.165) is 44.0 Å². The van der Waals surface area contributed by atoms with E-state index in [4.69, 9.17) is 9.26 Å². The first kappa shape index (κ1) is 16.3. The van der Waals surface area contributed by atoms with E-state index < -0.39 is 0 Å². The van der Waals surface area contributed by atoms with Crippen LogP contribution in [0.15, 0.2) is 9.68 Å². The van der Waals surface area contributed by atoms with Gasteiger partial charge in [-0.2, -0.15) is 4.98 Å². The minimum Gasteiger partial charge on any atom is -0.378 e. The second-order valence-electron chi connectivity index (χ2n) is 5.91. The second-order valence-corrected chi connectivity index (χ2v) is 6.85. The molecule has 23 heavy (non-hydrogen) atoms. The zero-order chi connectivity index (χ0) is 16.2. The van der Waals surface area contributed by atoms with Gasteiger partial charge in [-0.15, -0.1) is 10.2 Å². The van der Waals surface area contributed by atoms with E-state index in [2.05, 4.69) is 43.7 Å². The van der Waals surface area contributed by atoms with Gasteiger partial charge in [-0.3, -0.25) is 4.57 Å². The molecular formula is C14H22N6O2S. The Bertz CT molecular complexity index is 635. The predicted octanol–water partition coefficient (Wildman–Crippen LogP) is 1.75. The maximum Gasteiger partial charge on any atom is 0.237 e. The van der Waals surface area contributed by atoms with E-state index in [1.54, 1.807) is 11.8 Å². The standard InChI is InChI=1S/C14H22N6O2S/c1-10(2)8-20-13(19-4-6-21-7-5-19)16-17-14(20)23-9-12-15-11(3)18-22-12/h10H,4-9H2,1-3H3. The molecular weight excluding hydrogens is 316 g/mol. The van der Waals surface area contributed by atoms with Crippen LogP contribution in [0.1, 0.15) is 25.6 Å². The van der Waals surface area contributed by atoms with Crippen LogP contribution in [0, 0.1) is 12.8 Å². The van der Waals surface area contributed by atoms with Crippen molar-refractivity contribution in [3.05, 3.63) is 11.7 Å². The van der Waals surface area contributed by atoms with Gasteiger partial charge in [-0.05, 0) is 12.8 Å². The van der Waals surface area contributed by atoms with Crippen LogP contribution in [0.25, 0.3) is 0 Å². The minimum atomic E-state index is 0.510. The van der Waals surface area contributed by atoms with E-state index in [1.165, 1.54) is 0 Å². The van der Waals surface area contributed by atoms with Gasteiger partial charge in [-0.1, -0.05) is 30.8 Å². The molecule has 0 bridgehead atoms. The van der Waals surface area contributed by atoms with Crippen molar-refractivity contribution in [3.63, 3.8) is 0 Å². The molecule has 0 radical (unpaired) electrons. The molecule has 0 aromatic carbocycles. The lowest BCUT2D eigenvalue weighted by Gasteiger charge is -2.28. The van der Waals surface area contributed by atoms with Crippen molar-refractivity contribution in [2.24, 2.45) is 5.92 Å². The summed E-state index contributed by atoms with van der Waals surface area (Å²) in [5, 5.41) is 13.5. The first-order valence-corrected chi connectivity index (χ1v) is 8.80. The molecule has 0 N–H and O–H groups in total. The van der Waals surface area contributed by atoms with Crippen LogP contribution < -0.4 is 4.90 Å². The molecule has 2 aromatic heterocycles. The first-order valence-electron chi connectivity index (χ1n) is 7.81. The fraction of sp³-hybridized carbons (Fsp3) is 0.714. The van der Waals surface area contributed by atoms with Crippen LogP contribution in [0.4, 0.5) is 5.95 Å². The summed E-state index contributed by atoms with van der Waals surface area (Å²) in [5.41, 5.74) is 0. The quantitative estimate of drug-likeness (QED) is 0.737. The van der Waals surface area contributed by atoms with E-state index >= 15 is 0 Å². The van der Waals surface area contributed by atoms with Gasteiger partial charge in [-0.25, -0.2) is 0 Å².